The summed E-state index contributed by atoms with van der Waals surface area (Å²) in [5.74, 6) is 0. The number of nitrogens with zero attached hydrogens (tertiary/aromatic N) is 1. The lowest BCUT2D eigenvalue weighted by Gasteiger charge is -2.05. The molecule has 0 bridgehead atoms. The minimum absolute atomic E-state index is 1.21. The summed E-state index contributed by atoms with van der Waals surface area (Å²) in [6.07, 6.45) is 5.79. The summed E-state index contributed by atoms with van der Waals surface area (Å²) in [5.41, 5.74) is 2.56. The molecule has 0 saturated carbocycles. The van der Waals surface area contributed by atoms with Crippen LogP contribution in [0.3, 0.4) is 0 Å². The fraction of sp³-hybridized carbons (Fsp3) is 0.300. The average Bonchev–Trinajstić information content (AvgIpc) is 2.07. The summed E-state index contributed by atoms with van der Waals surface area (Å²) >= 11 is 1.77. The molecule has 0 spiro atoms. The summed E-state index contributed by atoms with van der Waals surface area (Å²) in [5, 5.41) is 0. The first kappa shape index (κ1) is 9.33. The average molecular weight is 179 g/mol. The van der Waals surface area contributed by atoms with Crippen LogP contribution in [0.15, 0.2) is 30.1 Å². The fourth-order valence-electron chi connectivity index (χ4n) is 1.11. The molecule has 2 heteroatoms. The summed E-state index contributed by atoms with van der Waals surface area (Å²) in [6, 6.07) is 4.06. The molecule has 0 aromatic carbocycles. The van der Waals surface area contributed by atoms with Crippen LogP contribution in [0.2, 0.25) is 0 Å². The largest absolute Gasteiger partial charge is 0.264 e. The van der Waals surface area contributed by atoms with Gasteiger partial charge in [0.15, 0.2) is 0 Å². The Balaban J connectivity index is 3.05. The Bertz CT molecular complexity index is 273. The van der Waals surface area contributed by atoms with Crippen LogP contribution in [0.1, 0.15) is 19.4 Å². The Labute approximate surface area is 77.9 Å². The van der Waals surface area contributed by atoms with Crippen LogP contribution in [0.5, 0.6) is 0 Å². The Morgan fingerprint density at radius 2 is 2.17 bits per heavy atom. The van der Waals surface area contributed by atoms with Gasteiger partial charge in [-0.05, 0) is 26.2 Å². The quantitative estimate of drug-likeness (QED) is 0.691. The molecule has 0 radical (unpaired) electrons. The van der Waals surface area contributed by atoms with Crippen molar-refractivity contribution >= 4 is 16.7 Å². The first-order valence-corrected chi connectivity index (χ1v) is 5.10. The maximum atomic E-state index is 4.09. The fourth-order valence-corrected chi connectivity index (χ4v) is 1.87. The molecule has 0 atom stereocenters. The van der Waals surface area contributed by atoms with Crippen molar-refractivity contribution in [1.29, 1.82) is 0 Å². The number of allylic oxidation sites excluding steroid dienone is 1. The molecular weight excluding hydrogens is 166 g/mol. The molecule has 0 aliphatic heterocycles. The van der Waals surface area contributed by atoms with Crippen LogP contribution >= 0.6 is 11.8 Å². The SMILES string of the molecule is CSC(=C(C)C)c1cccnc1. The highest BCUT2D eigenvalue weighted by Crippen LogP contribution is 2.27. The van der Waals surface area contributed by atoms with Gasteiger partial charge < -0.3 is 0 Å². The topological polar surface area (TPSA) is 12.9 Å². The minimum atomic E-state index is 1.21. The van der Waals surface area contributed by atoms with E-state index in [2.05, 4.69) is 31.2 Å². The van der Waals surface area contributed by atoms with Crippen molar-refractivity contribution in [1.82, 2.24) is 4.98 Å². The van der Waals surface area contributed by atoms with E-state index in [1.54, 1.807) is 18.0 Å². The molecule has 0 unspecified atom stereocenters. The van der Waals surface area contributed by atoms with Crippen molar-refractivity contribution in [3.63, 3.8) is 0 Å². The molecule has 1 rings (SSSR count). The van der Waals surface area contributed by atoms with E-state index >= 15 is 0 Å². The van der Waals surface area contributed by atoms with Gasteiger partial charge in [-0.3, -0.25) is 4.98 Å². The van der Waals surface area contributed by atoms with Gasteiger partial charge in [-0.15, -0.1) is 11.8 Å². The molecule has 0 aliphatic rings. The zero-order valence-corrected chi connectivity index (χ0v) is 8.48. The second-order valence-corrected chi connectivity index (χ2v) is 3.59. The summed E-state index contributed by atoms with van der Waals surface area (Å²) < 4.78 is 0. The van der Waals surface area contributed by atoms with Crippen LogP contribution in [0, 0.1) is 0 Å². The summed E-state index contributed by atoms with van der Waals surface area (Å²) in [7, 11) is 0. The van der Waals surface area contributed by atoms with Crippen LogP contribution in [-0.2, 0) is 0 Å². The van der Waals surface area contributed by atoms with E-state index in [9.17, 15) is 0 Å². The first-order valence-electron chi connectivity index (χ1n) is 3.87. The minimum Gasteiger partial charge on any atom is -0.264 e. The third kappa shape index (κ3) is 2.11. The molecule has 1 aromatic heterocycles. The van der Waals surface area contributed by atoms with Gasteiger partial charge in [0.2, 0.25) is 0 Å². The second-order valence-electron chi connectivity index (χ2n) is 2.77. The van der Waals surface area contributed by atoms with Crippen molar-refractivity contribution in [2.24, 2.45) is 0 Å². The normalized spacial score (nSPS) is 9.58. The van der Waals surface area contributed by atoms with E-state index in [-0.39, 0.29) is 0 Å². The highest BCUT2D eigenvalue weighted by molar-refractivity contribution is 8.07. The maximum Gasteiger partial charge on any atom is 0.0351 e. The van der Waals surface area contributed by atoms with Crippen LogP contribution < -0.4 is 0 Å². The molecule has 0 saturated heterocycles. The Morgan fingerprint density at radius 1 is 1.42 bits per heavy atom. The highest BCUT2D eigenvalue weighted by atomic mass is 32.2. The number of thioether (sulfide) groups is 1. The standard InChI is InChI=1S/C10H13NS/c1-8(2)10(12-3)9-5-4-6-11-7-9/h4-7H,1-3H3. The molecule has 0 N–H and O–H groups in total. The third-order valence-corrected chi connectivity index (χ3v) is 2.63. The third-order valence-electron chi connectivity index (χ3n) is 1.58. The molecule has 1 aromatic rings. The first-order chi connectivity index (χ1) is 5.75. The van der Waals surface area contributed by atoms with E-state index in [1.165, 1.54) is 16.0 Å². The molecule has 0 fully saturated rings. The van der Waals surface area contributed by atoms with E-state index in [0.717, 1.165) is 0 Å². The molecule has 0 amide bonds. The zero-order chi connectivity index (χ0) is 8.97. The number of pyridine rings is 1. The highest BCUT2D eigenvalue weighted by Gasteiger charge is 2.00. The Kier molecular flexibility index (Phi) is 3.35. The monoisotopic (exact) mass is 179 g/mol. The predicted molar refractivity (Wildman–Crippen MR) is 56.0 cm³/mol. The molecular formula is C10H13NS. The molecule has 12 heavy (non-hydrogen) atoms. The lowest BCUT2D eigenvalue weighted by molar-refractivity contribution is 1.30. The zero-order valence-electron chi connectivity index (χ0n) is 7.66. The van der Waals surface area contributed by atoms with Gasteiger partial charge in [0.05, 0.1) is 0 Å². The number of hydrogen-bond donors (Lipinski definition) is 0. The van der Waals surface area contributed by atoms with Gasteiger partial charge >= 0.3 is 0 Å². The predicted octanol–water partition coefficient (Wildman–Crippen LogP) is 3.20. The van der Waals surface area contributed by atoms with Crippen molar-refractivity contribution in [3.05, 3.63) is 35.7 Å². The second kappa shape index (κ2) is 4.31. The summed E-state index contributed by atoms with van der Waals surface area (Å²) in [4.78, 5) is 5.41. The maximum absolute atomic E-state index is 4.09. The number of hydrogen-bond acceptors (Lipinski definition) is 2. The Hall–Kier alpha value is -0.760. The van der Waals surface area contributed by atoms with E-state index in [0.29, 0.717) is 0 Å². The number of rotatable bonds is 2. The van der Waals surface area contributed by atoms with Gasteiger partial charge in [-0.25, -0.2) is 0 Å². The molecule has 1 nitrogen and oxygen atoms in total. The lowest BCUT2D eigenvalue weighted by Crippen LogP contribution is -1.83. The van der Waals surface area contributed by atoms with Crippen LogP contribution in [0.25, 0.3) is 4.91 Å². The van der Waals surface area contributed by atoms with E-state index in [4.69, 9.17) is 0 Å². The van der Waals surface area contributed by atoms with E-state index < -0.39 is 0 Å². The molecule has 0 aliphatic carbocycles. The van der Waals surface area contributed by atoms with E-state index in [1.807, 2.05) is 12.3 Å². The van der Waals surface area contributed by atoms with Gasteiger partial charge in [-0.2, -0.15) is 0 Å². The van der Waals surface area contributed by atoms with Gasteiger partial charge in [0.25, 0.3) is 0 Å². The molecule has 1 heterocycles. The van der Waals surface area contributed by atoms with Crippen LogP contribution in [-0.4, -0.2) is 11.2 Å². The van der Waals surface area contributed by atoms with Gasteiger partial charge in [-0.1, -0.05) is 11.6 Å². The van der Waals surface area contributed by atoms with Crippen molar-refractivity contribution < 1.29 is 0 Å². The molecule has 64 valence electrons. The van der Waals surface area contributed by atoms with Crippen LogP contribution in [0.4, 0.5) is 0 Å². The van der Waals surface area contributed by atoms with Gasteiger partial charge in [0.1, 0.15) is 0 Å². The Morgan fingerprint density at radius 3 is 2.58 bits per heavy atom. The van der Waals surface area contributed by atoms with Crippen molar-refractivity contribution in [3.8, 4) is 0 Å². The van der Waals surface area contributed by atoms with Crippen molar-refractivity contribution in [2.45, 2.75) is 13.8 Å². The van der Waals surface area contributed by atoms with Crippen molar-refractivity contribution in [2.75, 3.05) is 6.26 Å². The number of aromatic nitrogens is 1. The summed E-state index contributed by atoms with van der Waals surface area (Å²) in [6.45, 7) is 4.25. The van der Waals surface area contributed by atoms with Gasteiger partial charge in [0, 0.05) is 22.9 Å². The lowest BCUT2D eigenvalue weighted by atomic mass is 10.2. The smallest absolute Gasteiger partial charge is 0.0351 e.